The molecule has 0 spiro atoms. The fraction of sp³-hybridized carbons (Fsp3) is 0.733. The predicted octanol–water partition coefficient (Wildman–Crippen LogP) is 2.20. The van der Waals surface area contributed by atoms with E-state index in [4.69, 9.17) is 0 Å². The summed E-state index contributed by atoms with van der Waals surface area (Å²) in [5.41, 5.74) is 1.67. The molecule has 19 heavy (non-hydrogen) atoms. The van der Waals surface area contributed by atoms with Gasteiger partial charge < -0.3 is 0 Å². The lowest BCUT2D eigenvalue weighted by molar-refractivity contribution is -0.128. The summed E-state index contributed by atoms with van der Waals surface area (Å²) in [5.74, 6) is 0.295. The Kier molecular flexibility index (Phi) is 4.09. The summed E-state index contributed by atoms with van der Waals surface area (Å²) in [6.45, 7) is 11.1. The van der Waals surface area contributed by atoms with Gasteiger partial charge in [-0.15, -0.1) is 0 Å². The maximum absolute atomic E-state index is 12.6. The second kappa shape index (κ2) is 5.45. The van der Waals surface area contributed by atoms with Crippen molar-refractivity contribution in [3.8, 4) is 0 Å². The van der Waals surface area contributed by atoms with Crippen molar-refractivity contribution in [2.24, 2.45) is 0 Å². The summed E-state index contributed by atoms with van der Waals surface area (Å²) < 4.78 is 1.94. The van der Waals surface area contributed by atoms with Gasteiger partial charge in [0.15, 0.2) is 5.78 Å². The van der Waals surface area contributed by atoms with E-state index in [0.29, 0.717) is 12.2 Å². The summed E-state index contributed by atoms with van der Waals surface area (Å²) in [6.07, 6.45) is 2.91. The highest BCUT2D eigenvalue weighted by Gasteiger charge is 2.35. The summed E-state index contributed by atoms with van der Waals surface area (Å²) in [5, 5.41) is 4.41. The van der Waals surface area contributed by atoms with E-state index >= 15 is 0 Å². The summed E-state index contributed by atoms with van der Waals surface area (Å²) >= 11 is 0. The van der Waals surface area contributed by atoms with E-state index in [2.05, 4.69) is 30.8 Å². The van der Waals surface area contributed by atoms with Gasteiger partial charge in [-0.05, 0) is 59.7 Å². The molecule has 0 aromatic carbocycles. The first-order chi connectivity index (χ1) is 8.95. The van der Waals surface area contributed by atoms with Crippen LogP contribution in [0.5, 0.6) is 0 Å². The minimum Gasteiger partial charge on any atom is -0.297 e. The molecule has 1 aromatic rings. The summed E-state index contributed by atoms with van der Waals surface area (Å²) in [4.78, 5) is 14.9. The highest BCUT2D eigenvalue weighted by molar-refractivity contribution is 5.89. The quantitative estimate of drug-likeness (QED) is 0.817. The van der Waals surface area contributed by atoms with Crippen LogP contribution in [0.2, 0.25) is 0 Å². The first-order valence-corrected chi connectivity index (χ1v) is 7.27. The van der Waals surface area contributed by atoms with Gasteiger partial charge in [0.25, 0.3) is 0 Å². The van der Waals surface area contributed by atoms with E-state index in [9.17, 15) is 4.79 Å². The van der Waals surface area contributed by atoms with E-state index < -0.39 is 0 Å². The van der Waals surface area contributed by atoms with Crippen molar-refractivity contribution in [3.63, 3.8) is 0 Å². The zero-order valence-electron chi connectivity index (χ0n) is 12.6. The van der Waals surface area contributed by atoms with Crippen molar-refractivity contribution in [1.82, 2.24) is 14.7 Å². The van der Waals surface area contributed by atoms with Crippen LogP contribution < -0.4 is 0 Å². The molecule has 0 unspecified atom stereocenters. The molecule has 4 nitrogen and oxygen atoms in total. The molecular formula is C15H25N3O. The highest BCUT2D eigenvalue weighted by atomic mass is 16.1. The second-order valence-electron chi connectivity index (χ2n) is 5.95. The van der Waals surface area contributed by atoms with E-state index in [1.807, 2.05) is 17.7 Å². The molecule has 2 heterocycles. The Morgan fingerprint density at radius 1 is 1.37 bits per heavy atom. The van der Waals surface area contributed by atoms with Crippen molar-refractivity contribution in [2.45, 2.75) is 59.0 Å². The van der Waals surface area contributed by atoms with Crippen LogP contribution in [0.4, 0.5) is 0 Å². The minimum absolute atomic E-state index is 0.295. The fourth-order valence-corrected chi connectivity index (χ4v) is 2.85. The lowest BCUT2D eigenvalue weighted by Crippen LogP contribution is -2.49. The third-order valence-corrected chi connectivity index (χ3v) is 4.21. The van der Waals surface area contributed by atoms with Crippen LogP contribution in [0.1, 0.15) is 45.0 Å². The topological polar surface area (TPSA) is 38.1 Å². The molecular weight excluding hydrogens is 238 g/mol. The van der Waals surface area contributed by atoms with E-state index in [1.54, 1.807) is 0 Å². The van der Waals surface area contributed by atoms with E-state index in [0.717, 1.165) is 31.0 Å². The van der Waals surface area contributed by atoms with Gasteiger partial charge in [-0.3, -0.25) is 14.4 Å². The Labute approximate surface area is 115 Å². The Balaban J connectivity index is 2.11. The number of carbonyl (C=O) groups is 1. The molecule has 1 saturated heterocycles. The largest absolute Gasteiger partial charge is 0.297 e. The zero-order chi connectivity index (χ0) is 14.0. The van der Waals surface area contributed by atoms with Crippen molar-refractivity contribution in [3.05, 3.63) is 17.5 Å². The maximum Gasteiger partial charge on any atom is 0.158 e. The number of Topliss-reactive ketones (excluding diaryl/α,β-unsaturated/α-hetero) is 1. The number of ketones is 1. The first-order valence-electron chi connectivity index (χ1n) is 7.27. The normalized spacial score (nSPS) is 17.1. The molecule has 0 radical (unpaired) electrons. The number of rotatable bonds is 5. The number of carbonyl (C=O) groups excluding carboxylic acids is 1. The second-order valence-corrected chi connectivity index (χ2v) is 5.95. The predicted molar refractivity (Wildman–Crippen MR) is 76.2 cm³/mol. The fourth-order valence-electron chi connectivity index (χ4n) is 2.85. The van der Waals surface area contributed by atoms with Crippen LogP contribution in [0.15, 0.2) is 6.07 Å². The van der Waals surface area contributed by atoms with Gasteiger partial charge in [-0.2, -0.15) is 5.10 Å². The number of aromatic nitrogens is 2. The Morgan fingerprint density at radius 2 is 2.00 bits per heavy atom. The lowest BCUT2D eigenvalue weighted by Gasteiger charge is -2.33. The number of aryl methyl sites for hydroxylation is 2. The van der Waals surface area contributed by atoms with Crippen LogP contribution in [0.3, 0.4) is 0 Å². The standard InChI is InChI=1S/C15H25N3O/c1-5-18-13(10-12(2)16-18)11-14(19)15(3,4)17-8-6-7-9-17/h10H,5-9,11H2,1-4H3. The Bertz CT molecular complexity index is 456. The SMILES string of the molecule is CCn1nc(C)cc1CC(=O)C(C)(C)N1CCCC1. The Hall–Kier alpha value is -1.16. The van der Waals surface area contributed by atoms with Gasteiger partial charge in [0.1, 0.15) is 0 Å². The molecule has 0 N–H and O–H groups in total. The van der Waals surface area contributed by atoms with Crippen LogP contribution in [-0.2, 0) is 17.8 Å². The molecule has 0 bridgehead atoms. The van der Waals surface area contributed by atoms with Crippen molar-refractivity contribution in [1.29, 1.82) is 0 Å². The van der Waals surface area contributed by atoms with Crippen molar-refractivity contribution in [2.75, 3.05) is 13.1 Å². The molecule has 1 aromatic heterocycles. The summed E-state index contributed by atoms with van der Waals surface area (Å²) in [6, 6.07) is 2.03. The van der Waals surface area contributed by atoms with Gasteiger partial charge in [0.2, 0.25) is 0 Å². The van der Waals surface area contributed by atoms with E-state index in [-0.39, 0.29) is 5.54 Å². The molecule has 1 aliphatic heterocycles. The first kappa shape index (κ1) is 14.3. The monoisotopic (exact) mass is 263 g/mol. The van der Waals surface area contributed by atoms with Crippen LogP contribution in [-0.4, -0.2) is 39.1 Å². The molecule has 0 atom stereocenters. The van der Waals surface area contributed by atoms with Crippen molar-refractivity contribution >= 4 is 5.78 Å². The average molecular weight is 263 g/mol. The molecule has 2 rings (SSSR count). The van der Waals surface area contributed by atoms with Crippen LogP contribution in [0.25, 0.3) is 0 Å². The number of likely N-dealkylation sites (tertiary alicyclic amines) is 1. The van der Waals surface area contributed by atoms with Gasteiger partial charge in [-0.25, -0.2) is 0 Å². The smallest absolute Gasteiger partial charge is 0.158 e. The molecule has 4 heteroatoms. The third kappa shape index (κ3) is 2.89. The van der Waals surface area contributed by atoms with Gasteiger partial charge in [0, 0.05) is 12.2 Å². The Morgan fingerprint density at radius 3 is 2.58 bits per heavy atom. The molecule has 1 fully saturated rings. The summed E-state index contributed by atoms with van der Waals surface area (Å²) in [7, 11) is 0. The number of nitrogens with zero attached hydrogens (tertiary/aromatic N) is 3. The minimum atomic E-state index is -0.354. The van der Waals surface area contributed by atoms with Gasteiger partial charge >= 0.3 is 0 Å². The third-order valence-electron chi connectivity index (χ3n) is 4.21. The van der Waals surface area contributed by atoms with Crippen LogP contribution >= 0.6 is 0 Å². The maximum atomic E-state index is 12.6. The molecule has 0 aliphatic carbocycles. The van der Waals surface area contributed by atoms with Crippen LogP contribution in [0, 0.1) is 6.92 Å². The number of hydrogen-bond donors (Lipinski definition) is 0. The molecule has 0 amide bonds. The van der Waals surface area contributed by atoms with Gasteiger partial charge in [-0.1, -0.05) is 0 Å². The van der Waals surface area contributed by atoms with Crippen molar-refractivity contribution < 1.29 is 4.79 Å². The lowest BCUT2D eigenvalue weighted by atomic mass is 9.93. The highest BCUT2D eigenvalue weighted by Crippen LogP contribution is 2.23. The zero-order valence-corrected chi connectivity index (χ0v) is 12.6. The number of hydrogen-bond acceptors (Lipinski definition) is 3. The molecule has 106 valence electrons. The average Bonchev–Trinajstić information content (AvgIpc) is 2.98. The van der Waals surface area contributed by atoms with E-state index in [1.165, 1.54) is 12.8 Å². The van der Waals surface area contributed by atoms with Gasteiger partial charge in [0.05, 0.1) is 17.7 Å². The molecule has 1 aliphatic rings. The molecule has 0 saturated carbocycles.